The Bertz CT molecular complexity index is 531. The molecule has 0 bridgehead atoms. The van der Waals surface area contributed by atoms with Gasteiger partial charge in [-0.1, -0.05) is 13.0 Å². The van der Waals surface area contributed by atoms with Crippen molar-refractivity contribution >= 4 is 5.82 Å². The van der Waals surface area contributed by atoms with Crippen LogP contribution in [0.3, 0.4) is 0 Å². The number of hydrogen-bond acceptors (Lipinski definition) is 5. The summed E-state index contributed by atoms with van der Waals surface area (Å²) in [4.78, 5) is 12.7. The van der Waals surface area contributed by atoms with Gasteiger partial charge < -0.3 is 10.1 Å². The Balaban J connectivity index is 1.92. The average molecular weight is 272 g/mol. The van der Waals surface area contributed by atoms with E-state index in [2.05, 4.69) is 27.2 Å². The maximum absolute atomic E-state index is 5.73. The number of ether oxygens (including phenoxy) is 1. The summed E-state index contributed by atoms with van der Waals surface area (Å²) in [5.41, 5.74) is 1.96. The Labute approximate surface area is 119 Å². The fourth-order valence-electron chi connectivity index (χ4n) is 1.80. The minimum Gasteiger partial charge on any atom is -0.477 e. The van der Waals surface area contributed by atoms with E-state index in [-0.39, 0.29) is 0 Å². The van der Waals surface area contributed by atoms with Gasteiger partial charge in [0, 0.05) is 24.9 Å². The van der Waals surface area contributed by atoms with Crippen molar-refractivity contribution in [3.8, 4) is 5.88 Å². The van der Waals surface area contributed by atoms with E-state index >= 15 is 0 Å². The van der Waals surface area contributed by atoms with Gasteiger partial charge in [0.1, 0.15) is 12.1 Å². The first kappa shape index (κ1) is 14.2. The second kappa shape index (κ2) is 7.43. The van der Waals surface area contributed by atoms with Crippen LogP contribution in [0.5, 0.6) is 5.88 Å². The SMILES string of the molecule is CCCNc1ncnc(OCCc2ccccn2)c1C. The summed E-state index contributed by atoms with van der Waals surface area (Å²) in [6.45, 7) is 5.54. The quantitative estimate of drug-likeness (QED) is 0.839. The molecule has 0 saturated heterocycles. The molecular weight excluding hydrogens is 252 g/mol. The Morgan fingerprint density at radius 2 is 2.10 bits per heavy atom. The summed E-state index contributed by atoms with van der Waals surface area (Å²) in [5, 5.41) is 3.27. The summed E-state index contributed by atoms with van der Waals surface area (Å²) in [5.74, 6) is 1.48. The van der Waals surface area contributed by atoms with E-state index < -0.39 is 0 Å². The zero-order valence-electron chi connectivity index (χ0n) is 12.0. The van der Waals surface area contributed by atoms with Gasteiger partial charge in [0.15, 0.2) is 0 Å². The number of hydrogen-bond donors (Lipinski definition) is 1. The largest absolute Gasteiger partial charge is 0.477 e. The van der Waals surface area contributed by atoms with E-state index in [1.54, 1.807) is 6.20 Å². The molecule has 0 radical (unpaired) electrons. The second-order valence-electron chi connectivity index (χ2n) is 4.50. The van der Waals surface area contributed by atoms with Crippen LogP contribution in [0.25, 0.3) is 0 Å². The molecule has 0 aliphatic carbocycles. The van der Waals surface area contributed by atoms with E-state index in [1.807, 2.05) is 25.1 Å². The minimum absolute atomic E-state index is 0.558. The van der Waals surface area contributed by atoms with Crippen LogP contribution in [0, 0.1) is 6.92 Å². The highest BCUT2D eigenvalue weighted by atomic mass is 16.5. The van der Waals surface area contributed by atoms with Crippen molar-refractivity contribution < 1.29 is 4.74 Å². The van der Waals surface area contributed by atoms with Crippen molar-refractivity contribution in [2.75, 3.05) is 18.5 Å². The molecule has 0 aliphatic rings. The molecule has 2 heterocycles. The normalized spacial score (nSPS) is 10.3. The maximum Gasteiger partial charge on any atom is 0.221 e. The molecular formula is C15H20N4O. The van der Waals surface area contributed by atoms with Crippen LogP contribution in [0.2, 0.25) is 0 Å². The predicted octanol–water partition coefficient (Wildman–Crippen LogP) is 2.62. The highest BCUT2D eigenvalue weighted by Crippen LogP contribution is 2.20. The van der Waals surface area contributed by atoms with E-state index in [0.717, 1.165) is 36.5 Å². The minimum atomic E-state index is 0.558. The molecule has 0 saturated carbocycles. The van der Waals surface area contributed by atoms with Crippen molar-refractivity contribution in [3.63, 3.8) is 0 Å². The van der Waals surface area contributed by atoms with E-state index in [4.69, 9.17) is 4.74 Å². The van der Waals surface area contributed by atoms with Crippen molar-refractivity contribution in [2.45, 2.75) is 26.7 Å². The van der Waals surface area contributed by atoms with E-state index in [9.17, 15) is 0 Å². The third-order valence-electron chi connectivity index (χ3n) is 2.90. The summed E-state index contributed by atoms with van der Waals surface area (Å²) < 4.78 is 5.73. The van der Waals surface area contributed by atoms with Gasteiger partial charge in [-0.3, -0.25) is 4.98 Å². The van der Waals surface area contributed by atoms with Gasteiger partial charge in [0.05, 0.1) is 12.2 Å². The van der Waals surface area contributed by atoms with Crippen LogP contribution in [0.15, 0.2) is 30.7 Å². The van der Waals surface area contributed by atoms with Crippen molar-refractivity contribution in [3.05, 3.63) is 42.0 Å². The second-order valence-corrected chi connectivity index (χ2v) is 4.50. The molecule has 1 N–H and O–H groups in total. The molecule has 0 aromatic carbocycles. The maximum atomic E-state index is 5.73. The zero-order chi connectivity index (χ0) is 14.2. The number of nitrogens with one attached hydrogen (secondary N) is 1. The van der Waals surface area contributed by atoms with Crippen LogP contribution >= 0.6 is 0 Å². The number of aromatic nitrogens is 3. The van der Waals surface area contributed by atoms with Gasteiger partial charge in [-0.2, -0.15) is 0 Å². The van der Waals surface area contributed by atoms with E-state index in [0.29, 0.717) is 12.5 Å². The molecule has 2 rings (SSSR count). The molecule has 20 heavy (non-hydrogen) atoms. The third-order valence-corrected chi connectivity index (χ3v) is 2.90. The lowest BCUT2D eigenvalue weighted by atomic mass is 10.3. The Hall–Kier alpha value is -2.17. The van der Waals surface area contributed by atoms with Crippen molar-refractivity contribution in [1.82, 2.24) is 15.0 Å². The van der Waals surface area contributed by atoms with Gasteiger partial charge in [0.25, 0.3) is 0 Å². The summed E-state index contributed by atoms with van der Waals surface area (Å²) in [7, 11) is 0. The molecule has 5 nitrogen and oxygen atoms in total. The van der Waals surface area contributed by atoms with E-state index in [1.165, 1.54) is 6.33 Å². The van der Waals surface area contributed by atoms with Crippen molar-refractivity contribution in [1.29, 1.82) is 0 Å². The highest BCUT2D eigenvalue weighted by molar-refractivity contribution is 5.47. The fourth-order valence-corrected chi connectivity index (χ4v) is 1.80. The first-order chi connectivity index (χ1) is 9.81. The van der Waals surface area contributed by atoms with Crippen molar-refractivity contribution in [2.24, 2.45) is 0 Å². The zero-order valence-corrected chi connectivity index (χ0v) is 12.0. The Morgan fingerprint density at radius 1 is 1.20 bits per heavy atom. The van der Waals surface area contributed by atoms with Crippen LogP contribution in [-0.4, -0.2) is 28.1 Å². The fraction of sp³-hybridized carbons (Fsp3) is 0.400. The van der Waals surface area contributed by atoms with Gasteiger partial charge in [-0.15, -0.1) is 0 Å². The number of rotatable bonds is 7. The molecule has 0 spiro atoms. The molecule has 0 aliphatic heterocycles. The third kappa shape index (κ3) is 3.91. The van der Waals surface area contributed by atoms with Crippen LogP contribution in [0.4, 0.5) is 5.82 Å². The lowest BCUT2D eigenvalue weighted by Crippen LogP contribution is -2.09. The Morgan fingerprint density at radius 3 is 2.85 bits per heavy atom. The average Bonchev–Trinajstić information content (AvgIpc) is 2.49. The number of nitrogens with zero attached hydrogens (tertiary/aromatic N) is 3. The van der Waals surface area contributed by atoms with Gasteiger partial charge in [0.2, 0.25) is 5.88 Å². The lowest BCUT2D eigenvalue weighted by molar-refractivity contribution is 0.305. The smallest absolute Gasteiger partial charge is 0.221 e. The van der Waals surface area contributed by atoms with Crippen LogP contribution in [-0.2, 0) is 6.42 Å². The lowest BCUT2D eigenvalue weighted by Gasteiger charge is -2.11. The molecule has 106 valence electrons. The Kier molecular flexibility index (Phi) is 5.29. The van der Waals surface area contributed by atoms with Gasteiger partial charge in [-0.25, -0.2) is 9.97 Å². The standard InChI is InChI=1S/C15H20N4O/c1-3-8-17-14-12(2)15(19-11-18-14)20-10-7-13-6-4-5-9-16-13/h4-6,9,11H,3,7-8,10H2,1-2H3,(H,17,18,19). The molecule has 0 fully saturated rings. The van der Waals surface area contributed by atoms with Gasteiger partial charge in [-0.05, 0) is 25.5 Å². The summed E-state index contributed by atoms with van der Waals surface area (Å²) >= 11 is 0. The molecule has 2 aromatic rings. The summed E-state index contributed by atoms with van der Waals surface area (Å²) in [6.07, 6.45) is 5.14. The molecule has 0 amide bonds. The number of anilines is 1. The topological polar surface area (TPSA) is 59.9 Å². The first-order valence-corrected chi connectivity index (χ1v) is 6.89. The van der Waals surface area contributed by atoms with Gasteiger partial charge >= 0.3 is 0 Å². The predicted molar refractivity (Wildman–Crippen MR) is 79.0 cm³/mol. The monoisotopic (exact) mass is 272 g/mol. The molecule has 2 aromatic heterocycles. The summed E-state index contributed by atoms with van der Waals surface area (Å²) in [6, 6.07) is 5.88. The number of pyridine rings is 1. The first-order valence-electron chi connectivity index (χ1n) is 6.89. The molecule has 0 unspecified atom stereocenters. The van der Waals surface area contributed by atoms with Crippen LogP contribution < -0.4 is 10.1 Å². The highest BCUT2D eigenvalue weighted by Gasteiger charge is 2.07. The van der Waals surface area contributed by atoms with Crippen LogP contribution in [0.1, 0.15) is 24.6 Å². The molecule has 0 atom stereocenters. The molecule has 5 heteroatoms.